The molecular weight excluding hydrogens is 315 g/mol. The summed E-state index contributed by atoms with van der Waals surface area (Å²) >= 11 is 0. The number of benzene rings is 1. The predicted molar refractivity (Wildman–Crippen MR) is 82.9 cm³/mol. The molecule has 1 aliphatic rings. The standard InChI is InChI=1S/C16H19FN4O3/c17-11-4-2-1-3-10(11)15-20-14(24-21-15)8-19-16(23)9-5-6-13(22)12(18)7-9/h1-4,9,12-13,22H,5-8,18H2,(H,19,23)/t9-,12+,13+/m0/s1. The Kier molecular flexibility index (Phi) is 4.86. The zero-order valence-corrected chi connectivity index (χ0v) is 13.0. The summed E-state index contributed by atoms with van der Waals surface area (Å²) in [5.41, 5.74) is 6.03. The van der Waals surface area contributed by atoms with Gasteiger partial charge in [-0.05, 0) is 31.4 Å². The number of hydrogen-bond donors (Lipinski definition) is 3. The number of carbonyl (C=O) groups excluding carboxylic acids is 1. The fraction of sp³-hybridized carbons (Fsp3) is 0.438. The van der Waals surface area contributed by atoms with E-state index in [1.807, 2.05) is 0 Å². The van der Waals surface area contributed by atoms with Crippen LogP contribution in [0.5, 0.6) is 0 Å². The molecule has 2 aromatic rings. The van der Waals surface area contributed by atoms with Crippen molar-refractivity contribution in [3.8, 4) is 11.4 Å². The van der Waals surface area contributed by atoms with Crippen LogP contribution in [-0.4, -0.2) is 33.3 Å². The molecule has 3 rings (SSSR count). The number of halogens is 1. The van der Waals surface area contributed by atoms with E-state index in [-0.39, 0.29) is 41.7 Å². The molecule has 128 valence electrons. The van der Waals surface area contributed by atoms with Gasteiger partial charge in [0.2, 0.25) is 17.6 Å². The van der Waals surface area contributed by atoms with Crippen LogP contribution in [0.1, 0.15) is 25.2 Å². The second-order valence-corrected chi connectivity index (χ2v) is 5.95. The molecule has 0 aliphatic heterocycles. The quantitative estimate of drug-likeness (QED) is 0.768. The van der Waals surface area contributed by atoms with Crippen molar-refractivity contribution in [1.29, 1.82) is 0 Å². The highest BCUT2D eigenvalue weighted by Crippen LogP contribution is 2.24. The number of nitrogens with one attached hydrogen (secondary N) is 1. The first-order chi connectivity index (χ1) is 11.5. The van der Waals surface area contributed by atoms with Crippen LogP contribution in [0.15, 0.2) is 28.8 Å². The van der Waals surface area contributed by atoms with Crippen LogP contribution in [0.2, 0.25) is 0 Å². The van der Waals surface area contributed by atoms with Crippen molar-refractivity contribution in [2.45, 2.75) is 38.0 Å². The fourth-order valence-electron chi connectivity index (χ4n) is 2.81. The maximum atomic E-state index is 13.7. The molecule has 24 heavy (non-hydrogen) atoms. The molecule has 1 heterocycles. The zero-order valence-electron chi connectivity index (χ0n) is 13.0. The third-order valence-electron chi connectivity index (χ3n) is 4.23. The van der Waals surface area contributed by atoms with E-state index in [9.17, 15) is 14.3 Å². The van der Waals surface area contributed by atoms with Gasteiger partial charge in [-0.2, -0.15) is 4.98 Å². The lowest BCUT2D eigenvalue weighted by atomic mass is 9.84. The Morgan fingerprint density at radius 1 is 1.42 bits per heavy atom. The molecule has 1 aromatic carbocycles. The highest BCUT2D eigenvalue weighted by atomic mass is 19.1. The van der Waals surface area contributed by atoms with Gasteiger partial charge in [0.1, 0.15) is 5.82 Å². The minimum Gasteiger partial charge on any atom is -0.392 e. The number of aliphatic hydroxyl groups is 1. The van der Waals surface area contributed by atoms with Crippen LogP contribution < -0.4 is 11.1 Å². The van der Waals surface area contributed by atoms with Crippen LogP contribution in [0.25, 0.3) is 11.4 Å². The Labute approximate surface area is 138 Å². The highest BCUT2D eigenvalue weighted by Gasteiger charge is 2.30. The number of aromatic nitrogens is 2. The Balaban J connectivity index is 1.58. The van der Waals surface area contributed by atoms with Gasteiger partial charge in [-0.25, -0.2) is 4.39 Å². The lowest BCUT2D eigenvalue weighted by molar-refractivity contribution is -0.127. The van der Waals surface area contributed by atoms with Crippen LogP contribution in [0.4, 0.5) is 4.39 Å². The minimum atomic E-state index is -0.548. The van der Waals surface area contributed by atoms with Crippen LogP contribution in [-0.2, 0) is 11.3 Å². The molecule has 7 nitrogen and oxygen atoms in total. The molecule has 1 aromatic heterocycles. The number of amides is 1. The van der Waals surface area contributed by atoms with Crippen molar-refractivity contribution < 1.29 is 18.8 Å². The molecular formula is C16H19FN4O3. The molecule has 0 radical (unpaired) electrons. The number of aliphatic hydroxyl groups excluding tert-OH is 1. The highest BCUT2D eigenvalue weighted by molar-refractivity contribution is 5.78. The first kappa shape index (κ1) is 16.5. The molecule has 3 atom stereocenters. The van der Waals surface area contributed by atoms with Gasteiger partial charge in [0.25, 0.3) is 0 Å². The van der Waals surface area contributed by atoms with Gasteiger partial charge in [-0.15, -0.1) is 0 Å². The van der Waals surface area contributed by atoms with Crippen molar-refractivity contribution in [1.82, 2.24) is 15.5 Å². The molecule has 4 N–H and O–H groups in total. The first-order valence-electron chi connectivity index (χ1n) is 7.83. The number of rotatable bonds is 4. The molecule has 1 saturated carbocycles. The lowest BCUT2D eigenvalue weighted by Gasteiger charge is -2.29. The summed E-state index contributed by atoms with van der Waals surface area (Å²) in [5.74, 6) is -0.508. The average molecular weight is 334 g/mol. The van der Waals surface area contributed by atoms with Crippen molar-refractivity contribution in [2.24, 2.45) is 11.7 Å². The maximum absolute atomic E-state index is 13.7. The van der Waals surface area contributed by atoms with E-state index in [2.05, 4.69) is 15.5 Å². The fourth-order valence-corrected chi connectivity index (χ4v) is 2.81. The van der Waals surface area contributed by atoms with Gasteiger partial charge >= 0.3 is 0 Å². The lowest BCUT2D eigenvalue weighted by Crippen LogP contribution is -2.44. The van der Waals surface area contributed by atoms with Crippen molar-refractivity contribution in [3.05, 3.63) is 36.0 Å². The van der Waals surface area contributed by atoms with E-state index in [0.717, 1.165) is 0 Å². The zero-order chi connectivity index (χ0) is 17.1. The molecule has 0 bridgehead atoms. The normalized spacial score (nSPS) is 23.9. The summed E-state index contributed by atoms with van der Waals surface area (Å²) in [6.45, 7) is 0.0641. The average Bonchev–Trinajstić information content (AvgIpc) is 3.04. The van der Waals surface area contributed by atoms with Gasteiger partial charge in [-0.3, -0.25) is 4.79 Å². The monoisotopic (exact) mass is 334 g/mol. The number of carbonyl (C=O) groups is 1. The smallest absolute Gasteiger partial charge is 0.246 e. The van der Waals surface area contributed by atoms with Gasteiger partial charge < -0.3 is 20.7 Å². The van der Waals surface area contributed by atoms with E-state index in [1.165, 1.54) is 6.07 Å². The maximum Gasteiger partial charge on any atom is 0.246 e. The molecule has 1 aliphatic carbocycles. The third-order valence-corrected chi connectivity index (χ3v) is 4.23. The van der Waals surface area contributed by atoms with Gasteiger partial charge in [0, 0.05) is 12.0 Å². The minimum absolute atomic E-state index is 0.0641. The molecule has 1 fully saturated rings. The van der Waals surface area contributed by atoms with Crippen LogP contribution in [0.3, 0.4) is 0 Å². The first-order valence-corrected chi connectivity index (χ1v) is 7.83. The molecule has 1 amide bonds. The second kappa shape index (κ2) is 7.06. The summed E-state index contributed by atoms with van der Waals surface area (Å²) in [7, 11) is 0. The van der Waals surface area contributed by atoms with E-state index in [0.29, 0.717) is 19.3 Å². The van der Waals surface area contributed by atoms with E-state index >= 15 is 0 Å². The second-order valence-electron chi connectivity index (χ2n) is 5.95. The van der Waals surface area contributed by atoms with Crippen molar-refractivity contribution in [2.75, 3.05) is 0 Å². The summed E-state index contributed by atoms with van der Waals surface area (Å²) in [4.78, 5) is 16.2. The number of nitrogens with zero attached hydrogens (tertiary/aromatic N) is 2. The Hall–Kier alpha value is -2.32. The van der Waals surface area contributed by atoms with E-state index < -0.39 is 11.9 Å². The number of nitrogens with two attached hydrogens (primary N) is 1. The van der Waals surface area contributed by atoms with Crippen LogP contribution >= 0.6 is 0 Å². The topological polar surface area (TPSA) is 114 Å². The molecule has 8 heteroatoms. The predicted octanol–water partition coefficient (Wildman–Crippen LogP) is 0.980. The van der Waals surface area contributed by atoms with Gasteiger partial charge in [-0.1, -0.05) is 17.3 Å². The Morgan fingerprint density at radius 2 is 2.21 bits per heavy atom. The van der Waals surface area contributed by atoms with Crippen molar-refractivity contribution >= 4 is 5.91 Å². The molecule has 0 unspecified atom stereocenters. The molecule has 0 saturated heterocycles. The van der Waals surface area contributed by atoms with E-state index in [4.69, 9.17) is 10.3 Å². The summed E-state index contributed by atoms with van der Waals surface area (Å²) in [6.07, 6.45) is 0.993. The van der Waals surface area contributed by atoms with E-state index in [1.54, 1.807) is 18.2 Å². The van der Waals surface area contributed by atoms with Crippen LogP contribution in [0, 0.1) is 11.7 Å². The summed E-state index contributed by atoms with van der Waals surface area (Å²) in [6, 6.07) is 5.74. The third kappa shape index (κ3) is 3.60. The summed E-state index contributed by atoms with van der Waals surface area (Å²) in [5, 5.41) is 16.0. The Morgan fingerprint density at radius 3 is 2.96 bits per heavy atom. The Bertz CT molecular complexity index is 721. The number of hydrogen-bond acceptors (Lipinski definition) is 6. The van der Waals surface area contributed by atoms with Gasteiger partial charge in [0.05, 0.1) is 18.2 Å². The van der Waals surface area contributed by atoms with Crippen molar-refractivity contribution in [3.63, 3.8) is 0 Å². The summed E-state index contributed by atoms with van der Waals surface area (Å²) < 4.78 is 18.7. The molecule has 0 spiro atoms. The SMILES string of the molecule is N[C@@H]1C[C@@H](C(=O)NCc2nc(-c3ccccc3F)no2)CC[C@H]1O. The van der Waals surface area contributed by atoms with Gasteiger partial charge in [0.15, 0.2) is 0 Å². The largest absolute Gasteiger partial charge is 0.392 e.